The van der Waals surface area contributed by atoms with E-state index in [1.54, 1.807) is 0 Å². The number of hydrogen-bond acceptors (Lipinski definition) is 2. The first-order chi connectivity index (χ1) is 6.61. The molecule has 0 saturated heterocycles. The normalized spacial score (nSPS) is 9.93. The number of anilines is 1. The van der Waals surface area contributed by atoms with E-state index in [2.05, 4.69) is 37.4 Å². The van der Waals surface area contributed by atoms with Gasteiger partial charge in [-0.3, -0.25) is 4.79 Å². The van der Waals surface area contributed by atoms with Crippen molar-refractivity contribution in [2.45, 2.75) is 27.2 Å². The fraction of sp³-hybridized carbons (Fsp3) is 0.417. The van der Waals surface area contributed by atoms with E-state index in [-0.39, 0.29) is 5.78 Å². The van der Waals surface area contributed by atoms with Crippen LogP contribution in [0.1, 0.15) is 24.5 Å². The van der Waals surface area contributed by atoms with Crippen LogP contribution in [0.4, 0.5) is 5.69 Å². The Morgan fingerprint density at radius 3 is 2.29 bits per heavy atom. The first-order valence-electron chi connectivity index (χ1n) is 4.95. The van der Waals surface area contributed by atoms with Crippen LogP contribution < -0.4 is 5.32 Å². The van der Waals surface area contributed by atoms with Gasteiger partial charge in [-0.25, -0.2) is 0 Å². The van der Waals surface area contributed by atoms with Gasteiger partial charge >= 0.3 is 0 Å². The smallest absolute Gasteiger partial charge is 0.151 e. The van der Waals surface area contributed by atoms with E-state index in [1.807, 2.05) is 6.92 Å². The highest BCUT2D eigenvalue weighted by Crippen LogP contribution is 2.13. The van der Waals surface area contributed by atoms with Crippen LogP contribution in [0.25, 0.3) is 0 Å². The number of nitrogens with one attached hydrogen (secondary N) is 1. The number of rotatable bonds is 4. The first kappa shape index (κ1) is 10.8. The predicted molar refractivity (Wildman–Crippen MR) is 59.7 cm³/mol. The highest BCUT2D eigenvalue weighted by Gasteiger charge is 1.99. The van der Waals surface area contributed by atoms with Crippen LogP contribution in [0.3, 0.4) is 0 Å². The predicted octanol–water partition coefficient (Wildman–Crippen LogP) is 2.69. The molecule has 0 heterocycles. The van der Waals surface area contributed by atoms with Crippen LogP contribution in [0.2, 0.25) is 0 Å². The highest BCUT2D eigenvalue weighted by atomic mass is 16.1. The van der Waals surface area contributed by atoms with Crippen molar-refractivity contribution < 1.29 is 4.79 Å². The van der Waals surface area contributed by atoms with Crippen molar-refractivity contribution in [3.8, 4) is 0 Å². The average molecular weight is 191 g/mol. The molecule has 0 aliphatic heterocycles. The summed E-state index contributed by atoms with van der Waals surface area (Å²) in [7, 11) is 0. The molecule has 2 heteroatoms. The third kappa shape index (κ3) is 3.21. The monoisotopic (exact) mass is 191 g/mol. The standard InChI is InChI=1S/C12H17NO/c1-4-12(14)8-13-11-6-9(2)5-10(3)7-11/h5-7,13H,4,8H2,1-3H3. The Labute approximate surface area is 85.3 Å². The molecule has 1 aromatic rings. The van der Waals surface area contributed by atoms with Crippen molar-refractivity contribution >= 4 is 11.5 Å². The lowest BCUT2D eigenvalue weighted by molar-refractivity contribution is -0.117. The number of benzene rings is 1. The van der Waals surface area contributed by atoms with Crippen molar-refractivity contribution in [1.29, 1.82) is 0 Å². The van der Waals surface area contributed by atoms with Gasteiger partial charge in [-0.05, 0) is 37.1 Å². The summed E-state index contributed by atoms with van der Waals surface area (Å²) in [5.41, 5.74) is 3.47. The maximum Gasteiger partial charge on any atom is 0.151 e. The Bertz CT molecular complexity index is 311. The lowest BCUT2D eigenvalue weighted by atomic mass is 10.1. The molecule has 1 rings (SSSR count). The quantitative estimate of drug-likeness (QED) is 0.792. The minimum Gasteiger partial charge on any atom is -0.378 e. The zero-order valence-corrected chi connectivity index (χ0v) is 9.05. The maximum absolute atomic E-state index is 11.1. The topological polar surface area (TPSA) is 29.1 Å². The van der Waals surface area contributed by atoms with Crippen LogP contribution in [0.15, 0.2) is 18.2 Å². The average Bonchev–Trinajstić information content (AvgIpc) is 2.12. The van der Waals surface area contributed by atoms with E-state index in [0.29, 0.717) is 13.0 Å². The molecule has 0 saturated carbocycles. The molecule has 14 heavy (non-hydrogen) atoms. The molecule has 76 valence electrons. The number of Topliss-reactive ketones (excluding diaryl/α,β-unsaturated/α-hetero) is 1. The molecular weight excluding hydrogens is 174 g/mol. The SMILES string of the molecule is CCC(=O)CNc1cc(C)cc(C)c1. The number of hydrogen-bond donors (Lipinski definition) is 1. The van der Waals surface area contributed by atoms with Gasteiger partial charge in [0.2, 0.25) is 0 Å². The van der Waals surface area contributed by atoms with Gasteiger partial charge in [-0.15, -0.1) is 0 Å². The summed E-state index contributed by atoms with van der Waals surface area (Å²) >= 11 is 0. The fourth-order valence-corrected chi connectivity index (χ4v) is 1.40. The van der Waals surface area contributed by atoms with Crippen LogP contribution in [0, 0.1) is 13.8 Å². The maximum atomic E-state index is 11.1. The molecule has 0 atom stereocenters. The zero-order valence-electron chi connectivity index (χ0n) is 9.05. The highest BCUT2D eigenvalue weighted by molar-refractivity contribution is 5.82. The summed E-state index contributed by atoms with van der Waals surface area (Å²) in [4.78, 5) is 11.1. The summed E-state index contributed by atoms with van der Waals surface area (Å²) in [5, 5.41) is 3.13. The van der Waals surface area contributed by atoms with Crippen LogP contribution in [-0.4, -0.2) is 12.3 Å². The zero-order chi connectivity index (χ0) is 10.6. The number of carbonyl (C=O) groups excluding carboxylic acids is 1. The minimum absolute atomic E-state index is 0.240. The Morgan fingerprint density at radius 2 is 1.79 bits per heavy atom. The van der Waals surface area contributed by atoms with E-state index in [1.165, 1.54) is 11.1 Å². The molecule has 0 aliphatic rings. The van der Waals surface area contributed by atoms with Gasteiger partial charge in [0.15, 0.2) is 5.78 Å². The number of aryl methyl sites for hydroxylation is 2. The van der Waals surface area contributed by atoms with Gasteiger partial charge < -0.3 is 5.32 Å². The van der Waals surface area contributed by atoms with Crippen molar-refractivity contribution in [2.75, 3.05) is 11.9 Å². The van der Waals surface area contributed by atoms with Gasteiger partial charge in [-0.2, -0.15) is 0 Å². The second kappa shape index (κ2) is 4.80. The minimum atomic E-state index is 0.240. The van der Waals surface area contributed by atoms with E-state index >= 15 is 0 Å². The molecule has 1 aromatic carbocycles. The molecule has 0 spiro atoms. The van der Waals surface area contributed by atoms with E-state index in [9.17, 15) is 4.79 Å². The summed E-state index contributed by atoms with van der Waals surface area (Å²) in [5.74, 6) is 0.240. The third-order valence-electron chi connectivity index (χ3n) is 2.11. The van der Waals surface area contributed by atoms with Crippen molar-refractivity contribution in [3.05, 3.63) is 29.3 Å². The van der Waals surface area contributed by atoms with Crippen LogP contribution in [-0.2, 0) is 4.79 Å². The Hall–Kier alpha value is -1.31. The van der Waals surface area contributed by atoms with Gasteiger partial charge in [0.05, 0.1) is 6.54 Å². The molecule has 0 bridgehead atoms. The molecule has 0 radical (unpaired) electrons. The van der Waals surface area contributed by atoms with Gasteiger partial charge in [0.1, 0.15) is 0 Å². The van der Waals surface area contributed by atoms with E-state index < -0.39 is 0 Å². The van der Waals surface area contributed by atoms with Crippen molar-refractivity contribution in [1.82, 2.24) is 0 Å². The lowest BCUT2D eigenvalue weighted by Gasteiger charge is -2.07. The van der Waals surface area contributed by atoms with Gasteiger partial charge in [0.25, 0.3) is 0 Å². The van der Waals surface area contributed by atoms with Crippen molar-refractivity contribution in [3.63, 3.8) is 0 Å². The molecule has 0 fully saturated rings. The molecule has 2 nitrogen and oxygen atoms in total. The Kier molecular flexibility index (Phi) is 3.69. The van der Waals surface area contributed by atoms with E-state index in [4.69, 9.17) is 0 Å². The molecule has 0 aromatic heterocycles. The largest absolute Gasteiger partial charge is 0.378 e. The van der Waals surface area contributed by atoms with E-state index in [0.717, 1.165) is 5.69 Å². The van der Waals surface area contributed by atoms with Crippen molar-refractivity contribution in [2.24, 2.45) is 0 Å². The van der Waals surface area contributed by atoms with Gasteiger partial charge in [-0.1, -0.05) is 13.0 Å². The summed E-state index contributed by atoms with van der Waals surface area (Å²) in [6, 6.07) is 6.22. The summed E-state index contributed by atoms with van der Waals surface area (Å²) in [6.45, 7) is 6.42. The molecule has 0 amide bonds. The lowest BCUT2D eigenvalue weighted by Crippen LogP contribution is -2.12. The second-order valence-electron chi connectivity index (χ2n) is 3.62. The Morgan fingerprint density at radius 1 is 1.21 bits per heavy atom. The van der Waals surface area contributed by atoms with Crippen LogP contribution >= 0.6 is 0 Å². The van der Waals surface area contributed by atoms with Gasteiger partial charge in [0, 0.05) is 12.1 Å². The fourth-order valence-electron chi connectivity index (χ4n) is 1.40. The Balaban J connectivity index is 2.63. The first-order valence-corrected chi connectivity index (χ1v) is 4.95. The second-order valence-corrected chi connectivity index (χ2v) is 3.62. The summed E-state index contributed by atoms with van der Waals surface area (Å²) < 4.78 is 0. The molecule has 0 aliphatic carbocycles. The number of carbonyl (C=O) groups is 1. The van der Waals surface area contributed by atoms with Crippen LogP contribution in [0.5, 0.6) is 0 Å². The molecule has 1 N–H and O–H groups in total. The summed E-state index contributed by atoms with van der Waals surface area (Å²) in [6.07, 6.45) is 0.595. The third-order valence-corrected chi connectivity index (χ3v) is 2.11. The number of ketones is 1. The molecular formula is C12H17NO. The molecule has 0 unspecified atom stereocenters.